The first-order chi connectivity index (χ1) is 10.5. The zero-order valence-electron chi connectivity index (χ0n) is 12.2. The number of carbonyl (C=O) groups is 1. The number of rotatable bonds is 6. The van der Waals surface area contributed by atoms with Crippen LogP contribution in [0.5, 0.6) is 0 Å². The van der Waals surface area contributed by atoms with Crippen LogP contribution in [0.15, 0.2) is 59.5 Å². The average Bonchev–Trinajstić information content (AvgIpc) is 2.56. The van der Waals surface area contributed by atoms with Crippen LogP contribution in [0.1, 0.15) is 15.9 Å². The summed E-state index contributed by atoms with van der Waals surface area (Å²) >= 11 is 0. The maximum atomic E-state index is 11.9. The normalized spacial score (nSPS) is 11.1. The van der Waals surface area contributed by atoms with Gasteiger partial charge in [0, 0.05) is 12.1 Å². The highest BCUT2D eigenvalue weighted by Gasteiger charge is 2.10. The van der Waals surface area contributed by atoms with Crippen LogP contribution in [0, 0.1) is 0 Å². The molecule has 2 aromatic rings. The Morgan fingerprint density at radius 2 is 1.64 bits per heavy atom. The van der Waals surface area contributed by atoms with E-state index in [1.807, 2.05) is 18.2 Å². The topological polar surface area (TPSA) is 75.3 Å². The molecule has 0 aromatic heterocycles. The molecule has 0 aliphatic carbocycles. The fraction of sp³-hybridized carbons (Fsp3) is 0.188. The van der Waals surface area contributed by atoms with E-state index in [0.29, 0.717) is 18.5 Å². The minimum atomic E-state index is -3.40. The van der Waals surface area contributed by atoms with Gasteiger partial charge in [-0.2, -0.15) is 0 Å². The van der Waals surface area contributed by atoms with Crippen LogP contribution in [0.4, 0.5) is 0 Å². The second kappa shape index (κ2) is 7.20. The third kappa shape index (κ3) is 4.16. The molecule has 0 heterocycles. The first-order valence-electron chi connectivity index (χ1n) is 6.88. The van der Waals surface area contributed by atoms with Gasteiger partial charge in [-0.05, 0) is 43.3 Å². The quantitative estimate of drug-likeness (QED) is 0.849. The van der Waals surface area contributed by atoms with E-state index in [-0.39, 0.29) is 10.8 Å². The third-order valence-corrected chi connectivity index (χ3v) is 4.67. The SMILES string of the molecule is CNS(=O)(=O)c1ccc(CCNC(=O)c2ccccc2)cc1. The summed E-state index contributed by atoms with van der Waals surface area (Å²) < 4.78 is 25.5. The summed E-state index contributed by atoms with van der Waals surface area (Å²) in [5, 5.41) is 2.83. The van der Waals surface area contributed by atoms with Crippen LogP contribution in [0.3, 0.4) is 0 Å². The molecule has 0 saturated carbocycles. The van der Waals surface area contributed by atoms with Crippen molar-refractivity contribution in [2.75, 3.05) is 13.6 Å². The second-order valence-corrected chi connectivity index (χ2v) is 6.61. The van der Waals surface area contributed by atoms with Crippen molar-refractivity contribution >= 4 is 15.9 Å². The largest absolute Gasteiger partial charge is 0.352 e. The van der Waals surface area contributed by atoms with Crippen molar-refractivity contribution in [2.45, 2.75) is 11.3 Å². The Hall–Kier alpha value is -2.18. The number of hydrogen-bond acceptors (Lipinski definition) is 3. The van der Waals surface area contributed by atoms with Gasteiger partial charge in [-0.1, -0.05) is 30.3 Å². The highest BCUT2D eigenvalue weighted by Crippen LogP contribution is 2.10. The van der Waals surface area contributed by atoms with Crippen molar-refractivity contribution in [3.8, 4) is 0 Å². The number of carbonyl (C=O) groups excluding carboxylic acids is 1. The van der Waals surface area contributed by atoms with Crippen molar-refractivity contribution in [3.63, 3.8) is 0 Å². The molecule has 0 fully saturated rings. The lowest BCUT2D eigenvalue weighted by atomic mass is 10.1. The highest BCUT2D eigenvalue weighted by molar-refractivity contribution is 7.89. The molecule has 5 nitrogen and oxygen atoms in total. The molecule has 0 saturated heterocycles. The smallest absolute Gasteiger partial charge is 0.251 e. The molecule has 0 aliphatic heterocycles. The predicted molar refractivity (Wildman–Crippen MR) is 85.2 cm³/mol. The highest BCUT2D eigenvalue weighted by atomic mass is 32.2. The molecular weight excluding hydrogens is 300 g/mol. The number of sulfonamides is 1. The number of benzene rings is 2. The molecule has 0 radical (unpaired) electrons. The molecule has 0 bridgehead atoms. The van der Waals surface area contributed by atoms with Crippen LogP contribution >= 0.6 is 0 Å². The molecule has 6 heteroatoms. The minimum Gasteiger partial charge on any atom is -0.352 e. The van der Waals surface area contributed by atoms with Crippen molar-refractivity contribution in [2.24, 2.45) is 0 Å². The van der Waals surface area contributed by atoms with Gasteiger partial charge in [0.05, 0.1) is 4.90 Å². The van der Waals surface area contributed by atoms with Crippen molar-refractivity contribution in [1.82, 2.24) is 10.0 Å². The fourth-order valence-electron chi connectivity index (χ4n) is 1.97. The van der Waals surface area contributed by atoms with Gasteiger partial charge in [0.2, 0.25) is 10.0 Å². The van der Waals surface area contributed by atoms with Gasteiger partial charge in [-0.15, -0.1) is 0 Å². The van der Waals surface area contributed by atoms with Crippen LogP contribution in [-0.2, 0) is 16.4 Å². The van der Waals surface area contributed by atoms with Crippen LogP contribution in [-0.4, -0.2) is 27.9 Å². The van der Waals surface area contributed by atoms with E-state index in [1.165, 1.54) is 7.05 Å². The van der Waals surface area contributed by atoms with E-state index in [9.17, 15) is 13.2 Å². The Balaban J connectivity index is 1.89. The summed E-state index contributed by atoms with van der Waals surface area (Å²) in [5.74, 6) is -0.116. The third-order valence-electron chi connectivity index (χ3n) is 3.24. The van der Waals surface area contributed by atoms with E-state index < -0.39 is 10.0 Å². The summed E-state index contributed by atoms with van der Waals surface area (Å²) in [7, 11) is -2.03. The lowest BCUT2D eigenvalue weighted by Crippen LogP contribution is -2.25. The summed E-state index contributed by atoms with van der Waals surface area (Å²) in [6, 6.07) is 15.6. The maximum absolute atomic E-state index is 11.9. The molecule has 2 aromatic carbocycles. The van der Waals surface area contributed by atoms with Gasteiger partial charge in [0.25, 0.3) is 5.91 Å². The lowest BCUT2D eigenvalue weighted by molar-refractivity contribution is 0.0954. The standard InChI is InChI=1S/C16H18N2O3S/c1-17-22(20,21)15-9-7-13(8-10-15)11-12-18-16(19)14-5-3-2-4-6-14/h2-10,17H,11-12H2,1H3,(H,18,19). The summed E-state index contributed by atoms with van der Waals surface area (Å²) in [5.41, 5.74) is 1.58. The summed E-state index contributed by atoms with van der Waals surface area (Å²) in [6.45, 7) is 0.492. The van der Waals surface area contributed by atoms with E-state index >= 15 is 0 Å². The first-order valence-corrected chi connectivity index (χ1v) is 8.37. The van der Waals surface area contributed by atoms with Crippen LogP contribution < -0.4 is 10.0 Å². The Labute approximate surface area is 130 Å². The summed E-state index contributed by atoms with van der Waals surface area (Å²) in [4.78, 5) is 12.1. The Morgan fingerprint density at radius 1 is 1.00 bits per heavy atom. The molecule has 0 aliphatic rings. The van der Waals surface area contributed by atoms with E-state index in [1.54, 1.807) is 36.4 Å². The Morgan fingerprint density at radius 3 is 2.23 bits per heavy atom. The molecule has 0 atom stereocenters. The second-order valence-electron chi connectivity index (χ2n) is 4.72. The molecule has 1 amide bonds. The number of hydrogen-bond donors (Lipinski definition) is 2. The monoisotopic (exact) mass is 318 g/mol. The van der Waals surface area contributed by atoms with E-state index in [4.69, 9.17) is 0 Å². The van der Waals surface area contributed by atoms with E-state index in [0.717, 1.165) is 5.56 Å². The Bertz CT molecular complexity index is 726. The van der Waals surface area contributed by atoms with Gasteiger partial charge in [-0.25, -0.2) is 13.1 Å². The molecule has 2 rings (SSSR count). The zero-order chi connectivity index (χ0) is 16.0. The maximum Gasteiger partial charge on any atom is 0.251 e. The molecular formula is C16H18N2O3S. The molecule has 2 N–H and O–H groups in total. The average molecular weight is 318 g/mol. The van der Waals surface area contributed by atoms with Crippen molar-refractivity contribution in [1.29, 1.82) is 0 Å². The van der Waals surface area contributed by atoms with Gasteiger partial charge in [-0.3, -0.25) is 4.79 Å². The summed E-state index contributed by atoms with van der Waals surface area (Å²) in [6.07, 6.45) is 0.637. The number of nitrogens with one attached hydrogen (secondary N) is 2. The number of amides is 1. The molecule has 0 unspecified atom stereocenters. The minimum absolute atomic E-state index is 0.116. The molecule has 0 spiro atoms. The van der Waals surface area contributed by atoms with Crippen molar-refractivity contribution in [3.05, 3.63) is 65.7 Å². The molecule has 116 valence electrons. The first kappa shape index (κ1) is 16.2. The van der Waals surface area contributed by atoms with Gasteiger partial charge in [0.15, 0.2) is 0 Å². The van der Waals surface area contributed by atoms with Gasteiger partial charge >= 0.3 is 0 Å². The van der Waals surface area contributed by atoms with Crippen molar-refractivity contribution < 1.29 is 13.2 Å². The lowest BCUT2D eigenvalue weighted by Gasteiger charge is -2.07. The van der Waals surface area contributed by atoms with Crippen LogP contribution in [0.2, 0.25) is 0 Å². The van der Waals surface area contributed by atoms with Crippen LogP contribution in [0.25, 0.3) is 0 Å². The molecule has 22 heavy (non-hydrogen) atoms. The Kier molecular flexibility index (Phi) is 5.30. The predicted octanol–water partition coefficient (Wildman–Crippen LogP) is 1.57. The van der Waals surface area contributed by atoms with Gasteiger partial charge < -0.3 is 5.32 Å². The van der Waals surface area contributed by atoms with E-state index in [2.05, 4.69) is 10.0 Å². The van der Waals surface area contributed by atoms with Gasteiger partial charge in [0.1, 0.15) is 0 Å². The fourth-order valence-corrected chi connectivity index (χ4v) is 2.70. The zero-order valence-corrected chi connectivity index (χ0v) is 13.1.